The van der Waals surface area contributed by atoms with Crippen molar-refractivity contribution >= 4 is 16.8 Å². The van der Waals surface area contributed by atoms with Gasteiger partial charge in [-0.2, -0.15) is 0 Å². The zero-order valence-corrected chi connectivity index (χ0v) is 8.95. The third-order valence-electron chi connectivity index (χ3n) is 2.79. The number of hydrogen-bond donors (Lipinski definition) is 1. The van der Waals surface area contributed by atoms with E-state index in [2.05, 4.69) is 17.6 Å². The molecule has 0 saturated carbocycles. The molecule has 3 nitrogen and oxygen atoms in total. The molecule has 1 amide bonds. The van der Waals surface area contributed by atoms with Crippen molar-refractivity contribution in [1.82, 2.24) is 4.57 Å². The molecule has 0 fully saturated rings. The predicted molar refractivity (Wildman–Crippen MR) is 60.8 cm³/mol. The topological polar surface area (TPSA) is 48.0 Å². The van der Waals surface area contributed by atoms with Crippen LogP contribution in [-0.2, 0) is 13.5 Å². The van der Waals surface area contributed by atoms with Crippen LogP contribution in [0.25, 0.3) is 10.9 Å². The number of primary amides is 1. The first kappa shape index (κ1) is 9.77. The maximum absolute atomic E-state index is 11.0. The Balaban J connectivity index is 2.68. The summed E-state index contributed by atoms with van der Waals surface area (Å²) in [5.74, 6) is -0.376. The largest absolute Gasteiger partial charge is 0.366 e. The number of benzene rings is 1. The van der Waals surface area contributed by atoms with Crippen LogP contribution in [0.5, 0.6) is 0 Å². The van der Waals surface area contributed by atoms with Crippen LogP contribution >= 0.6 is 0 Å². The highest BCUT2D eigenvalue weighted by atomic mass is 16.1. The molecule has 15 heavy (non-hydrogen) atoms. The van der Waals surface area contributed by atoms with Crippen molar-refractivity contribution in [2.45, 2.75) is 13.3 Å². The third kappa shape index (κ3) is 1.50. The fourth-order valence-corrected chi connectivity index (χ4v) is 1.90. The predicted octanol–water partition coefficient (Wildman–Crippen LogP) is 1.84. The molecule has 0 bridgehead atoms. The zero-order chi connectivity index (χ0) is 11.0. The van der Waals surface area contributed by atoms with Crippen LogP contribution < -0.4 is 5.73 Å². The number of nitrogens with zero attached hydrogens (tertiary/aromatic N) is 1. The summed E-state index contributed by atoms with van der Waals surface area (Å²) >= 11 is 0. The lowest BCUT2D eigenvalue weighted by molar-refractivity contribution is 0.100. The average Bonchev–Trinajstić information content (AvgIpc) is 2.55. The van der Waals surface area contributed by atoms with Crippen LogP contribution in [0.15, 0.2) is 24.3 Å². The van der Waals surface area contributed by atoms with Gasteiger partial charge in [0.15, 0.2) is 0 Å². The summed E-state index contributed by atoms with van der Waals surface area (Å²) in [5.41, 5.74) is 8.19. The first-order chi connectivity index (χ1) is 7.13. The van der Waals surface area contributed by atoms with Gasteiger partial charge in [0.2, 0.25) is 5.91 Å². The van der Waals surface area contributed by atoms with Crippen LogP contribution in [0.1, 0.15) is 23.0 Å². The Labute approximate surface area is 88.5 Å². The van der Waals surface area contributed by atoms with E-state index in [0.717, 1.165) is 17.3 Å². The lowest BCUT2D eigenvalue weighted by Gasteiger charge is -2.00. The summed E-state index contributed by atoms with van der Waals surface area (Å²) in [7, 11) is 2.03. The van der Waals surface area contributed by atoms with Gasteiger partial charge in [0.25, 0.3) is 0 Å². The normalized spacial score (nSPS) is 10.8. The lowest BCUT2D eigenvalue weighted by Crippen LogP contribution is -2.10. The average molecular weight is 202 g/mol. The van der Waals surface area contributed by atoms with Crippen LogP contribution in [-0.4, -0.2) is 10.5 Å². The van der Waals surface area contributed by atoms with E-state index in [0.29, 0.717) is 5.56 Å². The monoisotopic (exact) mass is 202 g/mol. The molecule has 0 spiro atoms. The molecular formula is C12H14N2O. The maximum atomic E-state index is 11.0. The van der Waals surface area contributed by atoms with Crippen LogP contribution in [0.3, 0.4) is 0 Å². The number of fused-ring (bicyclic) bond motifs is 1. The van der Waals surface area contributed by atoms with Crippen molar-refractivity contribution < 1.29 is 4.79 Å². The number of hydrogen-bond acceptors (Lipinski definition) is 1. The molecule has 1 aromatic heterocycles. The molecule has 3 heteroatoms. The van der Waals surface area contributed by atoms with E-state index in [9.17, 15) is 4.79 Å². The Kier molecular flexibility index (Phi) is 2.23. The number of amides is 1. The summed E-state index contributed by atoms with van der Waals surface area (Å²) in [5, 5.41) is 1.07. The molecule has 0 aliphatic carbocycles. The summed E-state index contributed by atoms with van der Waals surface area (Å²) in [6.07, 6.45) is 0.983. The Morgan fingerprint density at radius 3 is 2.73 bits per heavy atom. The molecule has 0 atom stereocenters. The number of carbonyl (C=O) groups excluding carboxylic acids is 1. The summed E-state index contributed by atoms with van der Waals surface area (Å²) in [6, 6.07) is 7.65. The molecule has 2 N–H and O–H groups in total. The van der Waals surface area contributed by atoms with Crippen molar-refractivity contribution in [2.75, 3.05) is 0 Å². The van der Waals surface area contributed by atoms with Gasteiger partial charge in [-0.15, -0.1) is 0 Å². The Hall–Kier alpha value is -1.77. The van der Waals surface area contributed by atoms with Crippen molar-refractivity contribution in [3.05, 3.63) is 35.5 Å². The van der Waals surface area contributed by atoms with Crippen molar-refractivity contribution in [3.8, 4) is 0 Å². The SMILES string of the molecule is CCc1cc2cc(C(N)=O)ccc2n1C. The summed E-state index contributed by atoms with van der Waals surface area (Å²) < 4.78 is 2.14. The zero-order valence-electron chi connectivity index (χ0n) is 8.95. The third-order valence-corrected chi connectivity index (χ3v) is 2.79. The van der Waals surface area contributed by atoms with Crippen LogP contribution in [0.4, 0.5) is 0 Å². The van der Waals surface area contributed by atoms with E-state index in [-0.39, 0.29) is 5.91 Å². The van der Waals surface area contributed by atoms with Gasteiger partial charge < -0.3 is 10.3 Å². The van der Waals surface area contributed by atoms with Gasteiger partial charge in [0.1, 0.15) is 0 Å². The molecule has 0 radical (unpaired) electrons. The molecule has 0 saturated heterocycles. The minimum atomic E-state index is -0.376. The molecule has 78 valence electrons. The molecule has 2 aromatic rings. The minimum absolute atomic E-state index is 0.376. The van der Waals surface area contributed by atoms with E-state index in [1.807, 2.05) is 19.2 Å². The van der Waals surface area contributed by atoms with Gasteiger partial charge in [0, 0.05) is 29.2 Å². The Bertz CT molecular complexity index is 526. The highest BCUT2D eigenvalue weighted by Gasteiger charge is 2.06. The number of rotatable bonds is 2. The molecule has 1 heterocycles. The van der Waals surface area contributed by atoms with Crippen molar-refractivity contribution in [2.24, 2.45) is 12.8 Å². The first-order valence-electron chi connectivity index (χ1n) is 5.01. The highest BCUT2D eigenvalue weighted by Crippen LogP contribution is 2.20. The molecule has 0 aliphatic rings. The van der Waals surface area contributed by atoms with E-state index in [4.69, 9.17) is 5.73 Å². The molecule has 1 aromatic carbocycles. The van der Waals surface area contributed by atoms with Crippen molar-refractivity contribution in [3.63, 3.8) is 0 Å². The van der Waals surface area contributed by atoms with Gasteiger partial charge in [-0.05, 0) is 30.7 Å². The number of aryl methyl sites for hydroxylation is 2. The standard InChI is InChI=1S/C12H14N2O/c1-3-10-7-9-6-8(12(13)15)4-5-11(9)14(10)2/h4-7H,3H2,1-2H3,(H2,13,15). The smallest absolute Gasteiger partial charge is 0.248 e. The van der Waals surface area contributed by atoms with Gasteiger partial charge in [-0.25, -0.2) is 0 Å². The molecule has 0 unspecified atom stereocenters. The van der Waals surface area contributed by atoms with Gasteiger partial charge in [-0.1, -0.05) is 6.92 Å². The van der Waals surface area contributed by atoms with E-state index < -0.39 is 0 Å². The molecule has 2 rings (SSSR count). The van der Waals surface area contributed by atoms with Crippen LogP contribution in [0.2, 0.25) is 0 Å². The fourth-order valence-electron chi connectivity index (χ4n) is 1.90. The van der Waals surface area contributed by atoms with Gasteiger partial charge >= 0.3 is 0 Å². The van der Waals surface area contributed by atoms with E-state index in [1.54, 1.807) is 6.07 Å². The Morgan fingerprint density at radius 1 is 1.40 bits per heavy atom. The van der Waals surface area contributed by atoms with Crippen molar-refractivity contribution in [1.29, 1.82) is 0 Å². The van der Waals surface area contributed by atoms with E-state index >= 15 is 0 Å². The first-order valence-corrected chi connectivity index (χ1v) is 5.01. The van der Waals surface area contributed by atoms with Crippen LogP contribution in [0, 0.1) is 0 Å². The Morgan fingerprint density at radius 2 is 2.13 bits per heavy atom. The second kappa shape index (κ2) is 3.42. The second-order valence-corrected chi connectivity index (χ2v) is 3.69. The van der Waals surface area contributed by atoms with E-state index in [1.165, 1.54) is 5.69 Å². The summed E-state index contributed by atoms with van der Waals surface area (Å²) in [4.78, 5) is 11.0. The number of nitrogens with two attached hydrogens (primary N) is 1. The highest BCUT2D eigenvalue weighted by molar-refractivity contribution is 5.97. The van der Waals surface area contributed by atoms with Gasteiger partial charge in [0.05, 0.1) is 0 Å². The number of carbonyl (C=O) groups is 1. The molecule has 0 aliphatic heterocycles. The lowest BCUT2D eigenvalue weighted by atomic mass is 10.1. The minimum Gasteiger partial charge on any atom is -0.366 e. The number of aromatic nitrogens is 1. The summed E-state index contributed by atoms with van der Waals surface area (Å²) in [6.45, 7) is 2.11. The fraction of sp³-hybridized carbons (Fsp3) is 0.250. The maximum Gasteiger partial charge on any atom is 0.248 e. The molecular weight excluding hydrogens is 188 g/mol. The quantitative estimate of drug-likeness (QED) is 0.793. The second-order valence-electron chi connectivity index (χ2n) is 3.69. The van der Waals surface area contributed by atoms with Gasteiger partial charge in [-0.3, -0.25) is 4.79 Å².